The third-order valence-corrected chi connectivity index (χ3v) is 5.08. The van der Waals surface area contributed by atoms with Gasteiger partial charge in [0.25, 0.3) is 0 Å². The average Bonchev–Trinajstić information content (AvgIpc) is 3.17. The fourth-order valence-corrected chi connectivity index (χ4v) is 3.44. The van der Waals surface area contributed by atoms with Crippen molar-refractivity contribution in [3.63, 3.8) is 0 Å². The molecule has 0 amide bonds. The van der Waals surface area contributed by atoms with Crippen molar-refractivity contribution in [1.82, 2.24) is 10.3 Å². The lowest BCUT2D eigenvalue weighted by atomic mass is 10.1. The summed E-state index contributed by atoms with van der Waals surface area (Å²) in [6, 6.07) is 16.3. The van der Waals surface area contributed by atoms with Gasteiger partial charge in [0.2, 0.25) is 0 Å². The molecule has 130 valence electrons. The Bertz CT molecular complexity index is 818. The van der Waals surface area contributed by atoms with E-state index in [0.717, 1.165) is 33.3 Å². The van der Waals surface area contributed by atoms with E-state index in [1.165, 1.54) is 0 Å². The van der Waals surface area contributed by atoms with Crippen molar-refractivity contribution in [3.8, 4) is 22.8 Å². The van der Waals surface area contributed by atoms with E-state index >= 15 is 0 Å². The van der Waals surface area contributed by atoms with Crippen LogP contribution in [0.2, 0.25) is 0 Å². The van der Waals surface area contributed by atoms with Crippen molar-refractivity contribution < 1.29 is 9.47 Å². The molecule has 1 N–H and O–H groups in total. The molecule has 0 aliphatic rings. The summed E-state index contributed by atoms with van der Waals surface area (Å²) in [5, 5.41) is 6.70. The second kappa shape index (κ2) is 8.14. The minimum Gasteiger partial charge on any atom is -0.497 e. The highest BCUT2D eigenvalue weighted by Crippen LogP contribution is 2.27. The van der Waals surface area contributed by atoms with E-state index in [2.05, 4.69) is 29.8 Å². The van der Waals surface area contributed by atoms with Crippen LogP contribution < -0.4 is 14.8 Å². The zero-order valence-electron chi connectivity index (χ0n) is 14.7. The molecule has 1 heterocycles. The first-order chi connectivity index (χ1) is 12.2. The molecule has 4 nitrogen and oxygen atoms in total. The minimum atomic E-state index is 0.161. The van der Waals surface area contributed by atoms with Crippen molar-refractivity contribution in [2.45, 2.75) is 19.5 Å². The average molecular weight is 354 g/mol. The normalized spacial score (nSPS) is 12.0. The molecule has 0 aliphatic heterocycles. The molecule has 0 spiro atoms. The maximum absolute atomic E-state index is 5.45. The van der Waals surface area contributed by atoms with Gasteiger partial charge in [0, 0.05) is 29.1 Å². The van der Waals surface area contributed by atoms with Gasteiger partial charge in [0.1, 0.15) is 16.5 Å². The van der Waals surface area contributed by atoms with Crippen LogP contribution in [-0.4, -0.2) is 19.2 Å². The Morgan fingerprint density at radius 3 is 2.60 bits per heavy atom. The molecule has 0 aliphatic carbocycles. The zero-order valence-corrected chi connectivity index (χ0v) is 15.5. The van der Waals surface area contributed by atoms with Gasteiger partial charge in [-0.05, 0) is 13.0 Å². The number of thiazole rings is 1. The number of benzene rings is 2. The molecular weight excluding hydrogens is 332 g/mol. The Hall–Kier alpha value is -2.37. The number of hydrogen-bond donors (Lipinski definition) is 1. The van der Waals surface area contributed by atoms with Crippen molar-refractivity contribution in [3.05, 3.63) is 64.5 Å². The predicted octanol–water partition coefficient (Wildman–Crippen LogP) is 4.68. The first kappa shape index (κ1) is 17.5. The predicted molar refractivity (Wildman–Crippen MR) is 102 cm³/mol. The highest BCUT2D eigenvalue weighted by atomic mass is 32.1. The van der Waals surface area contributed by atoms with Gasteiger partial charge in [-0.25, -0.2) is 4.98 Å². The summed E-state index contributed by atoms with van der Waals surface area (Å²) in [6.07, 6.45) is 0. The summed E-state index contributed by atoms with van der Waals surface area (Å²) in [6.45, 7) is 2.83. The molecule has 0 radical (unpaired) electrons. The Morgan fingerprint density at radius 2 is 1.88 bits per heavy atom. The maximum atomic E-state index is 5.45. The van der Waals surface area contributed by atoms with Gasteiger partial charge in [0.05, 0.1) is 26.0 Å². The molecule has 0 fully saturated rings. The third kappa shape index (κ3) is 4.18. The van der Waals surface area contributed by atoms with Crippen LogP contribution in [0.5, 0.6) is 11.5 Å². The Balaban J connectivity index is 1.67. The second-order valence-corrected chi connectivity index (χ2v) is 6.61. The van der Waals surface area contributed by atoms with Gasteiger partial charge >= 0.3 is 0 Å². The number of nitrogens with zero attached hydrogens (tertiary/aromatic N) is 1. The van der Waals surface area contributed by atoms with Crippen molar-refractivity contribution >= 4 is 11.3 Å². The van der Waals surface area contributed by atoms with E-state index < -0.39 is 0 Å². The van der Waals surface area contributed by atoms with Gasteiger partial charge in [-0.1, -0.05) is 36.4 Å². The van der Waals surface area contributed by atoms with Crippen LogP contribution in [0.3, 0.4) is 0 Å². The highest BCUT2D eigenvalue weighted by Gasteiger charge is 2.12. The van der Waals surface area contributed by atoms with Crippen LogP contribution >= 0.6 is 11.3 Å². The van der Waals surface area contributed by atoms with Crippen LogP contribution in [0.25, 0.3) is 11.3 Å². The van der Waals surface area contributed by atoms with Crippen LogP contribution in [0.1, 0.15) is 23.5 Å². The van der Waals surface area contributed by atoms with Crippen molar-refractivity contribution in [1.29, 1.82) is 0 Å². The van der Waals surface area contributed by atoms with Crippen LogP contribution in [0.15, 0.2) is 53.9 Å². The number of rotatable bonds is 7. The van der Waals surface area contributed by atoms with Crippen molar-refractivity contribution in [2.75, 3.05) is 14.2 Å². The van der Waals surface area contributed by atoms with E-state index in [-0.39, 0.29) is 6.04 Å². The lowest BCUT2D eigenvalue weighted by Crippen LogP contribution is -2.18. The van der Waals surface area contributed by atoms with E-state index in [1.54, 1.807) is 25.6 Å². The molecule has 5 heteroatoms. The molecule has 0 saturated heterocycles. The quantitative estimate of drug-likeness (QED) is 0.669. The molecule has 0 bridgehead atoms. The monoisotopic (exact) mass is 354 g/mol. The summed E-state index contributed by atoms with van der Waals surface area (Å²) < 4.78 is 10.7. The molecule has 1 unspecified atom stereocenters. The highest BCUT2D eigenvalue weighted by molar-refractivity contribution is 7.10. The van der Waals surface area contributed by atoms with Gasteiger partial charge in [-0.3, -0.25) is 0 Å². The van der Waals surface area contributed by atoms with E-state index in [0.29, 0.717) is 6.54 Å². The topological polar surface area (TPSA) is 43.4 Å². The largest absolute Gasteiger partial charge is 0.497 e. The number of hydrogen-bond acceptors (Lipinski definition) is 5. The molecule has 25 heavy (non-hydrogen) atoms. The fourth-order valence-electron chi connectivity index (χ4n) is 2.58. The van der Waals surface area contributed by atoms with Crippen LogP contribution in [0.4, 0.5) is 0 Å². The van der Waals surface area contributed by atoms with Gasteiger partial charge in [0.15, 0.2) is 0 Å². The number of nitrogens with one attached hydrogen (secondary N) is 1. The van der Waals surface area contributed by atoms with Crippen LogP contribution in [0, 0.1) is 0 Å². The molecule has 3 aromatic rings. The van der Waals surface area contributed by atoms with Crippen molar-refractivity contribution in [2.24, 2.45) is 0 Å². The number of ether oxygens (including phenoxy) is 2. The lowest BCUT2D eigenvalue weighted by molar-refractivity contribution is 0.389. The summed E-state index contributed by atoms with van der Waals surface area (Å²) >= 11 is 1.68. The summed E-state index contributed by atoms with van der Waals surface area (Å²) in [5.41, 5.74) is 3.26. The van der Waals surface area contributed by atoms with Gasteiger partial charge in [-0.15, -0.1) is 11.3 Å². The minimum absolute atomic E-state index is 0.161. The Morgan fingerprint density at radius 1 is 1.08 bits per heavy atom. The maximum Gasteiger partial charge on any atom is 0.127 e. The third-order valence-electron chi connectivity index (χ3n) is 4.05. The molecule has 1 atom stereocenters. The molecule has 3 rings (SSSR count). The first-order valence-electron chi connectivity index (χ1n) is 8.16. The first-order valence-corrected chi connectivity index (χ1v) is 9.04. The standard InChI is InChI=1S/C20H22N2O2S/c1-14(20-22-18(13-25-20)15-7-5-4-6-8-15)21-12-16-9-10-17(23-2)11-19(16)24-3/h4-11,13-14,21H,12H2,1-3H3. The van der Waals surface area contributed by atoms with Crippen LogP contribution in [-0.2, 0) is 6.54 Å². The van der Waals surface area contributed by atoms with E-state index in [4.69, 9.17) is 14.5 Å². The summed E-state index contributed by atoms with van der Waals surface area (Å²) in [4.78, 5) is 4.77. The zero-order chi connectivity index (χ0) is 17.6. The van der Waals surface area contributed by atoms with Gasteiger partial charge in [-0.2, -0.15) is 0 Å². The molecule has 1 aromatic heterocycles. The molecular formula is C20H22N2O2S. The summed E-state index contributed by atoms with van der Waals surface area (Å²) in [5.74, 6) is 1.62. The molecule has 0 saturated carbocycles. The SMILES string of the molecule is COc1ccc(CNC(C)c2nc(-c3ccccc3)cs2)c(OC)c1. The van der Waals surface area contributed by atoms with Gasteiger partial charge < -0.3 is 14.8 Å². The Labute approximate surface area is 152 Å². The fraction of sp³-hybridized carbons (Fsp3) is 0.250. The summed E-state index contributed by atoms with van der Waals surface area (Å²) in [7, 11) is 3.33. The Kier molecular flexibility index (Phi) is 5.68. The number of aromatic nitrogens is 1. The van der Waals surface area contributed by atoms with E-state index in [9.17, 15) is 0 Å². The second-order valence-electron chi connectivity index (χ2n) is 5.72. The number of methoxy groups -OCH3 is 2. The van der Waals surface area contributed by atoms with E-state index in [1.807, 2.05) is 36.4 Å². The lowest BCUT2D eigenvalue weighted by Gasteiger charge is -2.14. The molecule has 2 aromatic carbocycles. The smallest absolute Gasteiger partial charge is 0.127 e.